The van der Waals surface area contributed by atoms with Gasteiger partial charge in [-0.1, -0.05) is 0 Å². The molecule has 0 aromatic carbocycles. The van der Waals surface area contributed by atoms with E-state index in [0.717, 1.165) is 0 Å². The van der Waals surface area contributed by atoms with Crippen molar-refractivity contribution in [3.8, 4) is 0 Å². The number of nitrogens with one attached hydrogen (secondary N) is 2. The van der Waals surface area contributed by atoms with Crippen LogP contribution in [0.2, 0.25) is 0 Å². The maximum Gasteiger partial charge on any atom is 0.269 e. The number of aromatic nitrogens is 2. The van der Waals surface area contributed by atoms with Gasteiger partial charge in [0.25, 0.3) is 5.56 Å². The molecule has 1 rings (SSSR count). The van der Waals surface area contributed by atoms with Crippen molar-refractivity contribution in [1.82, 2.24) is 10.2 Å². The summed E-state index contributed by atoms with van der Waals surface area (Å²) in [7, 11) is 0. The van der Waals surface area contributed by atoms with Crippen molar-refractivity contribution in [3.63, 3.8) is 0 Å². The van der Waals surface area contributed by atoms with Gasteiger partial charge in [-0.25, -0.2) is 5.10 Å². The molecule has 0 saturated carbocycles. The molecule has 6 nitrogen and oxygen atoms in total. The van der Waals surface area contributed by atoms with Crippen LogP contribution in [0.5, 0.6) is 0 Å². The normalized spacial score (nSPS) is 12.2. The Labute approximate surface area is 106 Å². The van der Waals surface area contributed by atoms with E-state index in [-0.39, 0.29) is 17.4 Å². The molecular weight excluding hydrogens is 234 g/mol. The molecule has 1 aromatic heterocycles. The fourth-order valence-electron chi connectivity index (χ4n) is 1.39. The van der Waals surface area contributed by atoms with Gasteiger partial charge in [-0.15, -0.1) is 0 Å². The number of ketones is 1. The number of Topliss-reactive ketones (excluding diaryl/α,β-unsaturated/α-hetero) is 1. The largest absolute Gasteiger partial charge is 0.379 e. The number of rotatable bonds is 7. The van der Waals surface area contributed by atoms with Gasteiger partial charge in [0.2, 0.25) is 0 Å². The van der Waals surface area contributed by atoms with Crippen molar-refractivity contribution in [2.24, 2.45) is 0 Å². The Morgan fingerprint density at radius 3 is 3.00 bits per heavy atom. The number of nitrogens with zero attached hydrogens (tertiary/aromatic N) is 1. The Morgan fingerprint density at radius 1 is 1.61 bits per heavy atom. The van der Waals surface area contributed by atoms with E-state index in [9.17, 15) is 9.59 Å². The standard InChI is InChI=1S/C12H19N3O3/c1-8(7-18-5-4-9(2)16)14-11-6-13-15-12(17)10(11)3/h6,8H,4-5,7H2,1-3H3,(H2,14,15,17)/t8-/m0/s1. The van der Waals surface area contributed by atoms with Crippen molar-refractivity contribution >= 4 is 11.5 Å². The lowest BCUT2D eigenvalue weighted by molar-refractivity contribution is -0.118. The van der Waals surface area contributed by atoms with Gasteiger partial charge < -0.3 is 10.1 Å². The van der Waals surface area contributed by atoms with Crippen molar-refractivity contribution in [2.45, 2.75) is 33.2 Å². The van der Waals surface area contributed by atoms with Crippen LogP contribution in [0.25, 0.3) is 0 Å². The summed E-state index contributed by atoms with van der Waals surface area (Å²) in [5.74, 6) is 0.116. The van der Waals surface area contributed by atoms with Crippen LogP contribution in [0.4, 0.5) is 5.69 Å². The molecule has 2 N–H and O–H groups in total. The van der Waals surface area contributed by atoms with Crippen LogP contribution >= 0.6 is 0 Å². The first-order valence-corrected chi connectivity index (χ1v) is 5.88. The van der Waals surface area contributed by atoms with E-state index in [1.165, 1.54) is 6.92 Å². The van der Waals surface area contributed by atoms with Crippen LogP contribution in [0.15, 0.2) is 11.0 Å². The van der Waals surface area contributed by atoms with Gasteiger partial charge in [-0.05, 0) is 20.8 Å². The van der Waals surface area contributed by atoms with Crippen molar-refractivity contribution in [1.29, 1.82) is 0 Å². The van der Waals surface area contributed by atoms with E-state index >= 15 is 0 Å². The van der Waals surface area contributed by atoms with Crippen LogP contribution in [-0.4, -0.2) is 35.2 Å². The van der Waals surface area contributed by atoms with Crippen molar-refractivity contribution in [2.75, 3.05) is 18.5 Å². The zero-order chi connectivity index (χ0) is 13.5. The van der Waals surface area contributed by atoms with Crippen LogP contribution in [0.1, 0.15) is 25.8 Å². The maximum atomic E-state index is 11.3. The average molecular weight is 253 g/mol. The predicted molar refractivity (Wildman–Crippen MR) is 68.8 cm³/mol. The summed E-state index contributed by atoms with van der Waals surface area (Å²) in [5, 5.41) is 9.24. The Hall–Kier alpha value is -1.69. The molecule has 6 heteroatoms. The molecule has 0 spiro atoms. The predicted octanol–water partition coefficient (Wildman–Crippen LogP) is 0.874. The highest BCUT2D eigenvalue weighted by atomic mass is 16.5. The molecule has 18 heavy (non-hydrogen) atoms. The number of carbonyl (C=O) groups is 1. The van der Waals surface area contributed by atoms with Gasteiger partial charge in [-0.3, -0.25) is 9.59 Å². The van der Waals surface area contributed by atoms with Crippen LogP contribution in [0, 0.1) is 6.92 Å². The first-order chi connectivity index (χ1) is 8.50. The highest BCUT2D eigenvalue weighted by Gasteiger charge is 2.07. The van der Waals surface area contributed by atoms with E-state index in [1.807, 2.05) is 6.92 Å². The number of aromatic amines is 1. The molecule has 0 aliphatic carbocycles. The number of carbonyl (C=O) groups excluding carboxylic acids is 1. The summed E-state index contributed by atoms with van der Waals surface area (Å²) in [6.07, 6.45) is 2.00. The molecule has 1 aromatic rings. The lowest BCUT2D eigenvalue weighted by Crippen LogP contribution is -2.25. The summed E-state index contributed by atoms with van der Waals surface area (Å²) in [6.45, 7) is 6.10. The van der Waals surface area contributed by atoms with E-state index in [2.05, 4.69) is 15.5 Å². The summed E-state index contributed by atoms with van der Waals surface area (Å²) in [6, 6.07) is 0.0410. The van der Waals surface area contributed by atoms with Crippen LogP contribution in [0.3, 0.4) is 0 Å². The number of hydrogen-bond acceptors (Lipinski definition) is 5. The average Bonchev–Trinajstić information content (AvgIpc) is 2.30. The van der Waals surface area contributed by atoms with Gasteiger partial charge >= 0.3 is 0 Å². The molecular formula is C12H19N3O3. The quantitative estimate of drug-likeness (QED) is 0.704. The summed E-state index contributed by atoms with van der Waals surface area (Å²) < 4.78 is 5.36. The maximum absolute atomic E-state index is 11.3. The fraction of sp³-hybridized carbons (Fsp3) is 0.583. The van der Waals surface area contributed by atoms with Gasteiger partial charge in [-0.2, -0.15) is 5.10 Å². The molecule has 0 aliphatic heterocycles. The lowest BCUT2D eigenvalue weighted by atomic mass is 10.2. The first kappa shape index (κ1) is 14.4. The van der Waals surface area contributed by atoms with E-state index in [1.54, 1.807) is 13.1 Å². The summed E-state index contributed by atoms with van der Waals surface area (Å²) in [5.41, 5.74) is 1.09. The van der Waals surface area contributed by atoms with Gasteiger partial charge in [0.15, 0.2) is 0 Å². The first-order valence-electron chi connectivity index (χ1n) is 5.88. The smallest absolute Gasteiger partial charge is 0.269 e. The second-order valence-corrected chi connectivity index (χ2v) is 4.31. The van der Waals surface area contributed by atoms with Crippen LogP contribution < -0.4 is 10.9 Å². The SMILES string of the molecule is CC(=O)CCOC[C@H](C)Nc1cn[nH]c(=O)c1C. The molecule has 0 unspecified atom stereocenters. The van der Waals surface area contributed by atoms with Crippen molar-refractivity contribution < 1.29 is 9.53 Å². The molecule has 0 fully saturated rings. The molecule has 0 bridgehead atoms. The number of H-pyrrole nitrogens is 1. The third kappa shape index (κ3) is 4.67. The Bertz CT molecular complexity index is 456. The van der Waals surface area contributed by atoms with E-state index in [0.29, 0.717) is 30.9 Å². The second kappa shape index (κ2) is 6.90. The monoisotopic (exact) mass is 253 g/mol. The number of anilines is 1. The zero-order valence-electron chi connectivity index (χ0n) is 10.9. The summed E-state index contributed by atoms with van der Waals surface area (Å²) in [4.78, 5) is 22.0. The number of ether oxygens (including phenoxy) is 1. The van der Waals surface area contributed by atoms with E-state index < -0.39 is 0 Å². The molecule has 100 valence electrons. The molecule has 1 heterocycles. The highest BCUT2D eigenvalue weighted by molar-refractivity contribution is 5.75. The Kier molecular flexibility index (Phi) is 5.51. The lowest BCUT2D eigenvalue weighted by Gasteiger charge is -2.16. The Morgan fingerprint density at radius 2 is 2.33 bits per heavy atom. The zero-order valence-corrected chi connectivity index (χ0v) is 10.9. The molecule has 0 radical (unpaired) electrons. The van der Waals surface area contributed by atoms with Gasteiger partial charge in [0.1, 0.15) is 5.78 Å². The third-order valence-corrected chi connectivity index (χ3v) is 2.47. The third-order valence-electron chi connectivity index (χ3n) is 2.47. The summed E-state index contributed by atoms with van der Waals surface area (Å²) >= 11 is 0. The minimum atomic E-state index is -0.204. The molecule has 1 atom stereocenters. The minimum Gasteiger partial charge on any atom is -0.379 e. The molecule has 0 amide bonds. The van der Waals surface area contributed by atoms with Crippen molar-refractivity contribution in [3.05, 3.63) is 22.1 Å². The van der Waals surface area contributed by atoms with Gasteiger partial charge in [0.05, 0.1) is 25.1 Å². The molecule has 0 saturated heterocycles. The van der Waals surface area contributed by atoms with E-state index in [4.69, 9.17) is 4.74 Å². The second-order valence-electron chi connectivity index (χ2n) is 4.31. The van der Waals surface area contributed by atoms with Gasteiger partial charge in [0, 0.05) is 18.0 Å². The number of hydrogen-bond donors (Lipinski definition) is 2. The highest BCUT2D eigenvalue weighted by Crippen LogP contribution is 2.08. The Balaban J connectivity index is 2.40. The van der Waals surface area contributed by atoms with Crippen LogP contribution in [-0.2, 0) is 9.53 Å². The topological polar surface area (TPSA) is 84.1 Å². The molecule has 0 aliphatic rings. The fourth-order valence-corrected chi connectivity index (χ4v) is 1.39. The minimum absolute atomic E-state index is 0.0410.